The molecule has 1 aliphatic heterocycles. The van der Waals surface area contributed by atoms with Gasteiger partial charge in [-0.15, -0.1) is 11.3 Å². The Morgan fingerprint density at radius 1 is 1.43 bits per heavy atom. The van der Waals surface area contributed by atoms with Crippen molar-refractivity contribution in [1.29, 1.82) is 0 Å². The molecule has 1 atom stereocenters. The van der Waals surface area contributed by atoms with Gasteiger partial charge in [-0.05, 0) is 37.8 Å². The predicted molar refractivity (Wildman–Crippen MR) is 80.6 cm³/mol. The maximum Gasteiger partial charge on any atom is 0.247 e. The highest BCUT2D eigenvalue weighted by Gasteiger charge is 2.15. The summed E-state index contributed by atoms with van der Waals surface area (Å²) >= 11 is 1.03. The maximum absolute atomic E-state index is 11.8. The van der Waals surface area contributed by atoms with Crippen LogP contribution in [0.4, 0.5) is 0 Å². The van der Waals surface area contributed by atoms with Crippen molar-refractivity contribution in [2.75, 3.05) is 13.2 Å². The summed E-state index contributed by atoms with van der Waals surface area (Å²) in [6.07, 6.45) is 4.59. The summed E-state index contributed by atoms with van der Waals surface area (Å²) in [4.78, 5) is 12.5. The normalized spacial score (nSPS) is 19.4. The van der Waals surface area contributed by atoms with Gasteiger partial charge in [0.25, 0.3) is 0 Å². The number of nitrogens with one attached hydrogen (secondary N) is 1. The van der Waals surface area contributed by atoms with Crippen LogP contribution < -0.4 is 10.5 Å². The number of sulfonamides is 1. The lowest BCUT2D eigenvalue weighted by Crippen LogP contribution is -2.30. The zero-order chi connectivity index (χ0) is 15.3. The number of carbonyl (C=O) groups is 1. The molecule has 2 rings (SSSR count). The highest BCUT2D eigenvalue weighted by atomic mass is 32.2. The van der Waals surface area contributed by atoms with Crippen molar-refractivity contribution < 1.29 is 17.9 Å². The molecule has 1 fully saturated rings. The first-order valence-electron chi connectivity index (χ1n) is 6.95. The molecule has 0 saturated carbocycles. The van der Waals surface area contributed by atoms with Crippen LogP contribution in [-0.2, 0) is 26.0 Å². The monoisotopic (exact) mass is 332 g/mol. The summed E-state index contributed by atoms with van der Waals surface area (Å²) < 4.78 is 28.0. The average Bonchev–Trinajstić information content (AvgIpc) is 2.88. The quantitative estimate of drug-likeness (QED) is 0.812. The van der Waals surface area contributed by atoms with E-state index in [-0.39, 0.29) is 22.6 Å². The van der Waals surface area contributed by atoms with Crippen LogP contribution in [-0.4, -0.2) is 33.6 Å². The molecule has 1 saturated heterocycles. The molecule has 3 N–H and O–H groups in total. The van der Waals surface area contributed by atoms with Gasteiger partial charge in [0.05, 0.1) is 12.5 Å². The maximum atomic E-state index is 11.8. The number of ether oxygens (including phenoxy) is 1. The smallest absolute Gasteiger partial charge is 0.247 e. The minimum atomic E-state index is -3.68. The van der Waals surface area contributed by atoms with Crippen molar-refractivity contribution in [3.63, 3.8) is 0 Å². The predicted octanol–water partition coefficient (Wildman–Crippen LogP) is 1.01. The van der Waals surface area contributed by atoms with Crippen LogP contribution in [0.25, 0.3) is 0 Å². The van der Waals surface area contributed by atoms with E-state index >= 15 is 0 Å². The van der Waals surface area contributed by atoms with E-state index in [0.29, 0.717) is 11.4 Å². The molecule has 0 aliphatic carbocycles. The van der Waals surface area contributed by atoms with Crippen LogP contribution in [0, 0.1) is 0 Å². The van der Waals surface area contributed by atoms with Crippen molar-refractivity contribution in [2.45, 2.75) is 42.4 Å². The van der Waals surface area contributed by atoms with Crippen LogP contribution >= 0.6 is 11.3 Å². The first-order valence-corrected chi connectivity index (χ1v) is 9.31. The van der Waals surface area contributed by atoms with Gasteiger partial charge in [-0.2, -0.15) is 0 Å². The molecule has 1 aliphatic rings. The molecule has 21 heavy (non-hydrogen) atoms. The van der Waals surface area contributed by atoms with Gasteiger partial charge in [-0.25, -0.2) is 13.6 Å². The van der Waals surface area contributed by atoms with Gasteiger partial charge in [0, 0.05) is 18.0 Å². The fourth-order valence-corrected chi connectivity index (χ4v) is 4.01. The van der Waals surface area contributed by atoms with Crippen LogP contribution in [0.1, 0.15) is 30.6 Å². The number of hydrogen-bond donors (Lipinski definition) is 2. The van der Waals surface area contributed by atoms with E-state index in [9.17, 15) is 13.2 Å². The summed E-state index contributed by atoms with van der Waals surface area (Å²) in [7, 11) is -3.68. The van der Waals surface area contributed by atoms with Gasteiger partial charge in [0.15, 0.2) is 0 Å². The molecule has 0 bridgehead atoms. The van der Waals surface area contributed by atoms with E-state index in [2.05, 4.69) is 5.32 Å². The Kier molecular flexibility index (Phi) is 5.74. The third kappa shape index (κ3) is 5.39. The van der Waals surface area contributed by atoms with E-state index < -0.39 is 10.0 Å². The zero-order valence-electron chi connectivity index (χ0n) is 11.7. The second-order valence-electron chi connectivity index (χ2n) is 5.07. The van der Waals surface area contributed by atoms with Crippen LogP contribution in [0.15, 0.2) is 16.3 Å². The fraction of sp³-hybridized carbons (Fsp3) is 0.615. The Bertz CT molecular complexity index is 577. The number of hydrogen-bond acceptors (Lipinski definition) is 5. The van der Waals surface area contributed by atoms with Crippen molar-refractivity contribution >= 4 is 27.3 Å². The van der Waals surface area contributed by atoms with Crippen molar-refractivity contribution in [2.24, 2.45) is 5.14 Å². The summed E-state index contributed by atoms with van der Waals surface area (Å²) in [5, 5.41) is 7.87. The lowest BCUT2D eigenvalue weighted by Gasteiger charge is -2.22. The van der Waals surface area contributed by atoms with Crippen LogP contribution in [0.5, 0.6) is 0 Å². The lowest BCUT2D eigenvalue weighted by atomic mass is 10.1. The molecule has 1 aromatic rings. The van der Waals surface area contributed by atoms with Crippen molar-refractivity contribution in [3.8, 4) is 0 Å². The van der Waals surface area contributed by atoms with E-state index in [4.69, 9.17) is 9.88 Å². The summed E-state index contributed by atoms with van der Waals surface area (Å²) in [6.45, 7) is 1.39. The van der Waals surface area contributed by atoms with Crippen LogP contribution in [0.2, 0.25) is 0 Å². The zero-order valence-corrected chi connectivity index (χ0v) is 13.3. The van der Waals surface area contributed by atoms with Gasteiger partial charge < -0.3 is 10.1 Å². The van der Waals surface area contributed by atoms with E-state index in [0.717, 1.165) is 37.2 Å². The van der Waals surface area contributed by atoms with Crippen molar-refractivity contribution in [3.05, 3.63) is 17.0 Å². The highest BCUT2D eigenvalue weighted by molar-refractivity contribution is 7.91. The molecule has 118 valence electrons. The Balaban J connectivity index is 1.73. The Labute approximate surface area is 128 Å². The fourth-order valence-electron chi connectivity index (χ4n) is 2.23. The van der Waals surface area contributed by atoms with E-state index in [1.807, 2.05) is 0 Å². The molecule has 1 aromatic heterocycles. The van der Waals surface area contributed by atoms with Crippen molar-refractivity contribution in [1.82, 2.24) is 5.32 Å². The molecule has 0 radical (unpaired) electrons. The SMILES string of the molecule is NS(=O)(=O)c1ccc(CC(=O)NCCC2CCCCO2)s1. The number of primary sulfonamides is 1. The second kappa shape index (κ2) is 7.35. The largest absolute Gasteiger partial charge is 0.378 e. The average molecular weight is 332 g/mol. The molecule has 1 unspecified atom stereocenters. The summed E-state index contributed by atoms with van der Waals surface area (Å²) in [6, 6.07) is 3.05. The second-order valence-corrected chi connectivity index (χ2v) is 8.03. The lowest BCUT2D eigenvalue weighted by molar-refractivity contribution is -0.120. The first kappa shape index (κ1) is 16.4. The number of amides is 1. The molecule has 0 spiro atoms. The Morgan fingerprint density at radius 3 is 2.86 bits per heavy atom. The van der Waals surface area contributed by atoms with Gasteiger partial charge in [0.2, 0.25) is 15.9 Å². The molecule has 0 aromatic carbocycles. The Morgan fingerprint density at radius 2 is 2.24 bits per heavy atom. The Hall–Kier alpha value is -0.960. The minimum absolute atomic E-state index is 0.0842. The number of rotatable bonds is 6. The molecule has 6 nitrogen and oxygen atoms in total. The molecular weight excluding hydrogens is 312 g/mol. The molecule has 2 heterocycles. The third-order valence-corrected chi connectivity index (χ3v) is 5.84. The number of nitrogens with two attached hydrogens (primary N) is 1. The van der Waals surface area contributed by atoms with Crippen LogP contribution in [0.3, 0.4) is 0 Å². The highest BCUT2D eigenvalue weighted by Crippen LogP contribution is 2.20. The molecular formula is C13H20N2O4S2. The van der Waals surface area contributed by atoms with Gasteiger partial charge in [0.1, 0.15) is 4.21 Å². The molecule has 8 heteroatoms. The third-order valence-electron chi connectivity index (χ3n) is 3.31. The number of carbonyl (C=O) groups excluding carboxylic acids is 1. The van der Waals surface area contributed by atoms with E-state index in [1.165, 1.54) is 12.5 Å². The van der Waals surface area contributed by atoms with Gasteiger partial charge >= 0.3 is 0 Å². The van der Waals surface area contributed by atoms with E-state index in [1.54, 1.807) is 6.07 Å². The summed E-state index contributed by atoms with van der Waals surface area (Å²) in [5.74, 6) is -0.117. The number of thiophene rings is 1. The molecule has 1 amide bonds. The standard InChI is InChI=1S/C13H20N2O4S2/c14-21(17,18)13-5-4-11(20-13)9-12(16)15-7-6-10-3-1-2-8-19-10/h4-5,10H,1-3,6-9H2,(H,15,16)(H2,14,17,18). The van der Waals surface area contributed by atoms with Gasteiger partial charge in [-0.1, -0.05) is 0 Å². The van der Waals surface area contributed by atoms with Gasteiger partial charge in [-0.3, -0.25) is 4.79 Å². The summed E-state index contributed by atoms with van der Waals surface area (Å²) in [5.41, 5.74) is 0. The minimum Gasteiger partial charge on any atom is -0.378 e. The topological polar surface area (TPSA) is 98.5 Å². The first-order chi connectivity index (χ1) is 9.95.